The molecule has 0 bridgehead atoms. The predicted molar refractivity (Wildman–Crippen MR) is 80.5 cm³/mol. The van der Waals surface area contributed by atoms with Gasteiger partial charge in [0.15, 0.2) is 11.0 Å². The fraction of sp³-hybridized carbons (Fsp3) is 0.250. The molecule has 0 aliphatic heterocycles. The van der Waals surface area contributed by atoms with Crippen molar-refractivity contribution in [2.75, 3.05) is 5.75 Å². The van der Waals surface area contributed by atoms with Gasteiger partial charge in [0.1, 0.15) is 6.33 Å². The van der Waals surface area contributed by atoms with E-state index in [4.69, 9.17) is 10.9 Å². The molecule has 3 N–H and O–H groups in total. The Morgan fingerprint density at radius 1 is 1.45 bits per heavy atom. The second-order valence-electron chi connectivity index (χ2n) is 3.82. The summed E-state index contributed by atoms with van der Waals surface area (Å²) in [4.78, 5) is 6.04. The van der Waals surface area contributed by atoms with Crippen LogP contribution in [0.4, 0.5) is 0 Å². The molecule has 6 nitrogen and oxygen atoms in total. The zero-order valence-corrected chi connectivity index (χ0v) is 12.8. The van der Waals surface area contributed by atoms with Crippen LogP contribution < -0.4 is 5.73 Å². The van der Waals surface area contributed by atoms with E-state index in [0.717, 1.165) is 26.3 Å². The number of rotatable bonds is 5. The van der Waals surface area contributed by atoms with Gasteiger partial charge in [0, 0.05) is 22.4 Å². The highest BCUT2D eigenvalue weighted by molar-refractivity contribution is 8.00. The van der Waals surface area contributed by atoms with Crippen LogP contribution in [0, 0.1) is 0 Å². The highest BCUT2D eigenvalue weighted by atomic mass is 32.2. The number of aromatic nitrogens is 3. The maximum atomic E-state index is 9.00. The number of aryl methyl sites for hydroxylation is 1. The molecule has 0 spiro atoms. The lowest BCUT2D eigenvalue weighted by Crippen LogP contribution is -2.15. The van der Waals surface area contributed by atoms with Gasteiger partial charge >= 0.3 is 0 Å². The van der Waals surface area contributed by atoms with Crippen molar-refractivity contribution in [3.63, 3.8) is 0 Å². The number of nitrogens with zero attached hydrogens (tertiary/aromatic N) is 4. The van der Waals surface area contributed by atoms with E-state index in [1.54, 1.807) is 16.4 Å². The first-order chi connectivity index (χ1) is 9.67. The van der Waals surface area contributed by atoms with Crippen LogP contribution in [-0.2, 0) is 7.05 Å². The molecule has 0 aliphatic carbocycles. The van der Waals surface area contributed by atoms with Gasteiger partial charge in [-0.15, -0.1) is 11.8 Å². The van der Waals surface area contributed by atoms with E-state index in [0.29, 0.717) is 0 Å². The molecule has 1 aromatic carbocycles. The van der Waals surface area contributed by atoms with Crippen LogP contribution in [-0.4, -0.2) is 31.6 Å². The molecule has 0 saturated carbocycles. The topological polar surface area (TPSA) is 89.3 Å². The highest BCUT2D eigenvalue weighted by Gasteiger charge is 2.15. The quantitative estimate of drug-likeness (QED) is 0.289. The summed E-state index contributed by atoms with van der Waals surface area (Å²) in [6, 6.07) is 5.83. The fourth-order valence-electron chi connectivity index (χ4n) is 1.65. The van der Waals surface area contributed by atoms with E-state index in [1.165, 1.54) is 18.1 Å². The third-order valence-corrected chi connectivity index (χ3v) is 4.58. The summed E-state index contributed by atoms with van der Waals surface area (Å²) in [6.07, 6.45) is 1.50. The lowest BCUT2D eigenvalue weighted by atomic mass is 10.2. The normalized spacial score (nSPS) is 11.8. The number of hydrogen-bond acceptors (Lipinski definition) is 6. The van der Waals surface area contributed by atoms with Crippen LogP contribution in [0.1, 0.15) is 12.5 Å². The number of hydrogen-bond donors (Lipinski definition) is 2. The van der Waals surface area contributed by atoms with E-state index in [1.807, 2.05) is 25.2 Å². The van der Waals surface area contributed by atoms with Crippen LogP contribution in [0.25, 0.3) is 0 Å². The van der Waals surface area contributed by atoms with Gasteiger partial charge in [-0.05, 0) is 29.6 Å². The zero-order chi connectivity index (χ0) is 14.5. The summed E-state index contributed by atoms with van der Waals surface area (Å²) >= 11 is 3.08. The molecule has 0 fully saturated rings. The molecule has 0 saturated heterocycles. The minimum atomic E-state index is 0.103. The van der Waals surface area contributed by atoms with E-state index in [-0.39, 0.29) is 5.84 Å². The smallest absolute Gasteiger partial charge is 0.190 e. The van der Waals surface area contributed by atoms with Gasteiger partial charge in [0.25, 0.3) is 0 Å². The van der Waals surface area contributed by atoms with Crippen molar-refractivity contribution in [2.24, 2.45) is 17.9 Å². The summed E-state index contributed by atoms with van der Waals surface area (Å²) in [7, 11) is 1.82. The Balaban J connectivity index is 2.46. The molecule has 2 aromatic rings. The van der Waals surface area contributed by atoms with Crippen molar-refractivity contribution in [3.8, 4) is 0 Å². The summed E-state index contributed by atoms with van der Waals surface area (Å²) in [5.41, 5.74) is 6.56. The second-order valence-corrected chi connectivity index (χ2v) is 6.13. The first-order valence-electron chi connectivity index (χ1n) is 5.93. The summed E-state index contributed by atoms with van der Waals surface area (Å²) in [5, 5.41) is 16.9. The predicted octanol–water partition coefficient (Wildman–Crippen LogP) is 2.17. The monoisotopic (exact) mass is 309 g/mol. The molecular formula is C12H15N5OS2. The van der Waals surface area contributed by atoms with Crippen molar-refractivity contribution < 1.29 is 5.21 Å². The molecule has 20 heavy (non-hydrogen) atoms. The molecule has 0 atom stereocenters. The van der Waals surface area contributed by atoms with Crippen molar-refractivity contribution >= 4 is 29.4 Å². The second kappa shape index (κ2) is 6.67. The minimum absolute atomic E-state index is 0.103. The number of amidine groups is 1. The van der Waals surface area contributed by atoms with Crippen LogP contribution >= 0.6 is 23.5 Å². The van der Waals surface area contributed by atoms with Crippen molar-refractivity contribution in [2.45, 2.75) is 21.9 Å². The molecule has 0 unspecified atom stereocenters. The lowest BCUT2D eigenvalue weighted by molar-refractivity contribution is 0.318. The molecular weight excluding hydrogens is 294 g/mol. The van der Waals surface area contributed by atoms with Crippen LogP contribution in [0.5, 0.6) is 0 Å². The number of nitrogens with two attached hydrogens (primary N) is 1. The molecule has 0 amide bonds. The number of thioether (sulfide) groups is 1. The van der Waals surface area contributed by atoms with E-state index < -0.39 is 0 Å². The first-order valence-corrected chi connectivity index (χ1v) is 7.73. The Labute approximate surface area is 125 Å². The van der Waals surface area contributed by atoms with Gasteiger partial charge < -0.3 is 10.9 Å². The number of benzene rings is 1. The lowest BCUT2D eigenvalue weighted by Gasteiger charge is -2.12. The van der Waals surface area contributed by atoms with E-state index >= 15 is 0 Å². The molecule has 1 heterocycles. The van der Waals surface area contributed by atoms with E-state index in [2.05, 4.69) is 22.2 Å². The van der Waals surface area contributed by atoms with Crippen molar-refractivity contribution in [3.05, 3.63) is 30.1 Å². The van der Waals surface area contributed by atoms with Crippen LogP contribution in [0.3, 0.4) is 0 Å². The van der Waals surface area contributed by atoms with Gasteiger partial charge in [0.05, 0.1) is 0 Å². The first kappa shape index (κ1) is 14.7. The largest absolute Gasteiger partial charge is 0.409 e. The maximum absolute atomic E-state index is 9.00. The average Bonchev–Trinajstić information content (AvgIpc) is 2.84. The van der Waals surface area contributed by atoms with Crippen molar-refractivity contribution in [1.82, 2.24) is 14.8 Å². The number of oxime groups is 1. The minimum Gasteiger partial charge on any atom is -0.409 e. The summed E-state index contributed by atoms with van der Waals surface area (Å²) in [5.74, 6) is 1.01. The third-order valence-electron chi connectivity index (χ3n) is 2.52. The van der Waals surface area contributed by atoms with Crippen LogP contribution in [0.2, 0.25) is 0 Å². The SMILES string of the molecule is CCSc1cccc(Sc2ncnn2C)c1/C(N)=N/O. The van der Waals surface area contributed by atoms with Gasteiger partial charge in [-0.3, -0.25) is 0 Å². The van der Waals surface area contributed by atoms with Gasteiger partial charge in [0.2, 0.25) is 0 Å². The Kier molecular flexibility index (Phi) is 4.91. The zero-order valence-electron chi connectivity index (χ0n) is 11.1. The van der Waals surface area contributed by atoms with Crippen molar-refractivity contribution in [1.29, 1.82) is 0 Å². The highest BCUT2D eigenvalue weighted by Crippen LogP contribution is 2.34. The molecule has 0 radical (unpaired) electrons. The third kappa shape index (κ3) is 3.07. The Bertz CT molecular complexity index is 626. The molecule has 106 valence electrons. The van der Waals surface area contributed by atoms with Gasteiger partial charge in [-0.25, -0.2) is 9.67 Å². The van der Waals surface area contributed by atoms with Crippen LogP contribution in [0.15, 0.2) is 44.6 Å². The Morgan fingerprint density at radius 3 is 2.80 bits per heavy atom. The Morgan fingerprint density at radius 2 is 2.20 bits per heavy atom. The Hall–Kier alpha value is -1.67. The summed E-state index contributed by atoms with van der Waals surface area (Å²) in [6.45, 7) is 2.06. The fourth-order valence-corrected chi connectivity index (χ4v) is 3.50. The average molecular weight is 309 g/mol. The maximum Gasteiger partial charge on any atom is 0.190 e. The molecule has 1 aromatic heterocycles. The summed E-state index contributed by atoms with van der Waals surface area (Å²) < 4.78 is 1.68. The van der Waals surface area contributed by atoms with Gasteiger partial charge in [-0.2, -0.15) is 5.10 Å². The molecule has 0 aliphatic rings. The van der Waals surface area contributed by atoms with E-state index in [9.17, 15) is 0 Å². The molecule has 2 rings (SSSR count). The van der Waals surface area contributed by atoms with Gasteiger partial charge in [-0.1, -0.05) is 18.1 Å². The standard InChI is InChI=1S/C12H15N5OS2/c1-3-19-8-5-4-6-9(10(8)11(13)16-18)20-12-14-7-15-17(12)2/h4-7,18H,3H2,1-2H3,(H2,13,16). The molecule has 8 heteroatoms.